The van der Waals surface area contributed by atoms with Crippen LogP contribution in [0.15, 0.2) is 36.0 Å². The van der Waals surface area contributed by atoms with Crippen molar-refractivity contribution in [1.82, 2.24) is 5.32 Å². The lowest BCUT2D eigenvalue weighted by molar-refractivity contribution is -0.117. The lowest BCUT2D eigenvalue weighted by Crippen LogP contribution is -2.47. The number of hydrogen-bond acceptors (Lipinski definition) is 3. The smallest absolute Gasteiger partial charge is 0.244 e. The summed E-state index contributed by atoms with van der Waals surface area (Å²) in [5.41, 5.74) is 7.98. The van der Waals surface area contributed by atoms with Crippen molar-refractivity contribution in [1.29, 1.82) is 0 Å². The standard InChI is InChI=1S/C16H28N2O2/c1-6-15(20-5)14(11-17)18-16(19)10-13(4)9-7-8-12(2)3/h6,8,10,14-15H,1,7,9,11,17H2,2-5H3,(H,18,19)/b13-10+/t14-,15+/m0/s1. The van der Waals surface area contributed by atoms with Gasteiger partial charge in [0.05, 0.1) is 12.1 Å². The average molecular weight is 280 g/mol. The largest absolute Gasteiger partial charge is 0.375 e. The van der Waals surface area contributed by atoms with E-state index in [9.17, 15) is 4.79 Å². The SMILES string of the molecule is C=C[C@@H](OC)[C@H](CN)NC(=O)/C=C(\C)CCC=C(C)C. The third kappa shape index (κ3) is 7.92. The molecule has 0 aromatic heterocycles. The molecular weight excluding hydrogens is 252 g/mol. The van der Waals surface area contributed by atoms with Crippen LogP contribution in [0.25, 0.3) is 0 Å². The van der Waals surface area contributed by atoms with E-state index in [-0.39, 0.29) is 18.1 Å². The maximum absolute atomic E-state index is 11.9. The zero-order chi connectivity index (χ0) is 15.5. The van der Waals surface area contributed by atoms with Gasteiger partial charge in [-0.3, -0.25) is 4.79 Å². The normalized spacial score (nSPS) is 14.3. The molecule has 0 aromatic rings. The highest BCUT2D eigenvalue weighted by atomic mass is 16.5. The molecule has 0 rings (SSSR count). The second-order valence-electron chi connectivity index (χ2n) is 5.10. The zero-order valence-electron chi connectivity index (χ0n) is 13.1. The molecule has 114 valence electrons. The predicted octanol–water partition coefficient (Wildman–Crippen LogP) is 2.32. The van der Waals surface area contributed by atoms with Crippen LogP contribution in [0.2, 0.25) is 0 Å². The van der Waals surface area contributed by atoms with Crippen molar-refractivity contribution in [2.24, 2.45) is 5.73 Å². The molecule has 0 aliphatic heterocycles. The van der Waals surface area contributed by atoms with Crippen LogP contribution in [0.5, 0.6) is 0 Å². The molecule has 0 unspecified atom stereocenters. The first-order chi connectivity index (χ1) is 9.44. The molecule has 0 bridgehead atoms. The van der Waals surface area contributed by atoms with Crippen LogP contribution < -0.4 is 11.1 Å². The lowest BCUT2D eigenvalue weighted by Gasteiger charge is -2.22. The maximum Gasteiger partial charge on any atom is 0.244 e. The summed E-state index contributed by atoms with van der Waals surface area (Å²) in [5.74, 6) is -0.140. The first-order valence-electron chi connectivity index (χ1n) is 6.91. The summed E-state index contributed by atoms with van der Waals surface area (Å²) in [6.07, 6.45) is 6.98. The summed E-state index contributed by atoms with van der Waals surface area (Å²) in [5, 5.41) is 2.85. The first kappa shape index (κ1) is 18.6. The quantitative estimate of drug-likeness (QED) is 0.503. The van der Waals surface area contributed by atoms with Crippen LogP contribution in [0, 0.1) is 0 Å². The molecule has 20 heavy (non-hydrogen) atoms. The molecule has 0 saturated heterocycles. The minimum Gasteiger partial charge on any atom is -0.375 e. The van der Waals surface area contributed by atoms with E-state index in [2.05, 4.69) is 31.8 Å². The van der Waals surface area contributed by atoms with E-state index >= 15 is 0 Å². The molecule has 0 radical (unpaired) electrons. The second kappa shape index (κ2) is 10.4. The number of hydrogen-bond donors (Lipinski definition) is 2. The topological polar surface area (TPSA) is 64.3 Å². The van der Waals surface area contributed by atoms with Crippen molar-refractivity contribution >= 4 is 5.91 Å². The summed E-state index contributed by atoms with van der Waals surface area (Å²) >= 11 is 0. The molecule has 0 heterocycles. The molecule has 0 aromatic carbocycles. The third-order valence-electron chi connectivity index (χ3n) is 2.95. The maximum atomic E-state index is 11.9. The molecule has 1 amide bonds. The molecule has 0 aliphatic rings. The zero-order valence-corrected chi connectivity index (χ0v) is 13.1. The number of amides is 1. The Labute approximate surface area is 122 Å². The van der Waals surface area contributed by atoms with Gasteiger partial charge in [-0.1, -0.05) is 23.3 Å². The lowest BCUT2D eigenvalue weighted by atomic mass is 10.1. The number of carbonyl (C=O) groups is 1. The first-order valence-corrected chi connectivity index (χ1v) is 6.91. The van der Waals surface area contributed by atoms with Gasteiger partial charge in [0.2, 0.25) is 5.91 Å². The van der Waals surface area contributed by atoms with Gasteiger partial charge >= 0.3 is 0 Å². The highest BCUT2D eigenvalue weighted by Gasteiger charge is 2.18. The Hall–Kier alpha value is -1.39. The highest BCUT2D eigenvalue weighted by Crippen LogP contribution is 2.07. The second-order valence-corrected chi connectivity index (χ2v) is 5.10. The summed E-state index contributed by atoms with van der Waals surface area (Å²) in [6, 6.07) is -0.258. The summed E-state index contributed by atoms with van der Waals surface area (Å²) < 4.78 is 5.21. The molecule has 0 aliphatic carbocycles. The monoisotopic (exact) mass is 280 g/mol. The van der Waals surface area contributed by atoms with E-state index in [1.54, 1.807) is 19.3 Å². The van der Waals surface area contributed by atoms with Gasteiger partial charge < -0.3 is 15.8 Å². The Morgan fingerprint density at radius 1 is 1.40 bits per heavy atom. The Balaban J connectivity index is 4.43. The van der Waals surface area contributed by atoms with Gasteiger partial charge in [0.25, 0.3) is 0 Å². The van der Waals surface area contributed by atoms with Crippen molar-refractivity contribution in [3.63, 3.8) is 0 Å². The van der Waals surface area contributed by atoms with Gasteiger partial charge in [0.1, 0.15) is 0 Å². The van der Waals surface area contributed by atoms with E-state index in [1.165, 1.54) is 5.57 Å². The van der Waals surface area contributed by atoms with E-state index in [4.69, 9.17) is 10.5 Å². The molecular formula is C16H28N2O2. The Bertz CT molecular complexity index is 369. The summed E-state index contributed by atoms with van der Waals surface area (Å²) in [6.45, 7) is 10.1. The Morgan fingerprint density at radius 3 is 2.50 bits per heavy atom. The summed E-state index contributed by atoms with van der Waals surface area (Å²) in [4.78, 5) is 11.9. The van der Waals surface area contributed by atoms with Crippen molar-refractivity contribution < 1.29 is 9.53 Å². The number of carbonyl (C=O) groups excluding carboxylic acids is 1. The minimum atomic E-state index is -0.275. The molecule has 4 nitrogen and oxygen atoms in total. The van der Waals surface area contributed by atoms with Crippen molar-refractivity contribution in [3.8, 4) is 0 Å². The minimum absolute atomic E-state index is 0.140. The highest BCUT2D eigenvalue weighted by molar-refractivity contribution is 5.88. The van der Waals surface area contributed by atoms with Gasteiger partial charge in [0, 0.05) is 19.7 Å². The number of nitrogens with two attached hydrogens (primary N) is 1. The van der Waals surface area contributed by atoms with Gasteiger partial charge in [-0.2, -0.15) is 0 Å². The van der Waals surface area contributed by atoms with E-state index in [0.717, 1.165) is 18.4 Å². The van der Waals surface area contributed by atoms with E-state index in [0.29, 0.717) is 6.54 Å². The van der Waals surface area contributed by atoms with Crippen molar-refractivity contribution in [3.05, 3.63) is 36.0 Å². The number of rotatable bonds is 9. The van der Waals surface area contributed by atoms with E-state index in [1.807, 2.05) is 6.92 Å². The number of ether oxygens (including phenoxy) is 1. The fraction of sp³-hybridized carbons (Fsp3) is 0.562. The Morgan fingerprint density at radius 2 is 2.05 bits per heavy atom. The van der Waals surface area contributed by atoms with Gasteiger partial charge in [0.15, 0.2) is 0 Å². The molecule has 4 heteroatoms. The van der Waals surface area contributed by atoms with Crippen LogP contribution in [-0.2, 0) is 9.53 Å². The van der Waals surface area contributed by atoms with Crippen LogP contribution in [0.1, 0.15) is 33.6 Å². The Kier molecular flexibility index (Phi) is 9.68. The molecule has 2 atom stereocenters. The number of nitrogens with one attached hydrogen (secondary N) is 1. The van der Waals surface area contributed by atoms with Crippen molar-refractivity contribution in [2.45, 2.75) is 45.8 Å². The van der Waals surface area contributed by atoms with Gasteiger partial charge in [-0.15, -0.1) is 6.58 Å². The third-order valence-corrected chi connectivity index (χ3v) is 2.95. The van der Waals surface area contributed by atoms with Crippen LogP contribution >= 0.6 is 0 Å². The molecule has 0 fully saturated rings. The fourth-order valence-electron chi connectivity index (χ4n) is 1.81. The van der Waals surface area contributed by atoms with Crippen LogP contribution in [0.3, 0.4) is 0 Å². The van der Waals surface area contributed by atoms with E-state index < -0.39 is 0 Å². The van der Waals surface area contributed by atoms with Crippen molar-refractivity contribution in [2.75, 3.05) is 13.7 Å². The van der Waals surface area contributed by atoms with Gasteiger partial charge in [-0.25, -0.2) is 0 Å². The number of methoxy groups -OCH3 is 1. The van der Waals surface area contributed by atoms with Crippen LogP contribution in [-0.4, -0.2) is 31.7 Å². The van der Waals surface area contributed by atoms with Gasteiger partial charge in [-0.05, 0) is 33.6 Å². The predicted molar refractivity (Wildman–Crippen MR) is 84.4 cm³/mol. The average Bonchev–Trinajstić information content (AvgIpc) is 2.38. The molecule has 0 saturated carbocycles. The number of allylic oxidation sites excluding steroid dienone is 3. The van der Waals surface area contributed by atoms with Crippen LogP contribution in [0.4, 0.5) is 0 Å². The molecule has 0 spiro atoms. The fourth-order valence-corrected chi connectivity index (χ4v) is 1.81. The molecule has 3 N–H and O–H groups in total. The summed E-state index contributed by atoms with van der Waals surface area (Å²) in [7, 11) is 1.57.